The maximum atomic E-state index is 11.3. The molecule has 12 heavy (non-hydrogen) atoms. The first-order valence-electron chi connectivity index (χ1n) is 4.45. The Labute approximate surface area is 73.5 Å². The van der Waals surface area contributed by atoms with Gasteiger partial charge in [-0.15, -0.1) is 0 Å². The van der Waals surface area contributed by atoms with Gasteiger partial charge in [-0.1, -0.05) is 13.8 Å². The van der Waals surface area contributed by atoms with Gasteiger partial charge in [-0.2, -0.15) is 0 Å². The molecule has 1 rings (SSSR count). The quantitative estimate of drug-likeness (QED) is 0.620. The fraction of sp³-hybridized carbons (Fsp3) is 0.889. The van der Waals surface area contributed by atoms with Crippen molar-refractivity contribution in [2.75, 3.05) is 20.2 Å². The summed E-state index contributed by atoms with van der Waals surface area (Å²) in [6, 6.07) is 0. The summed E-state index contributed by atoms with van der Waals surface area (Å²) in [5.74, 6) is 0.982. The molecule has 0 bridgehead atoms. The van der Waals surface area contributed by atoms with Gasteiger partial charge in [-0.3, -0.25) is 4.79 Å². The number of hydrogen-bond donors (Lipinski definition) is 1. The topological polar surface area (TPSA) is 38.3 Å². The Hall–Kier alpha value is -0.570. The second-order valence-corrected chi connectivity index (χ2v) is 3.70. The molecule has 70 valence electrons. The van der Waals surface area contributed by atoms with E-state index in [1.165, 1.54) is 7.11 Å². The highest BCUT2D eigenvalue weighted by molar-refractivity contribution is 5.73. The molecule has 0 aliphatic carbocycles. The molecule has 0 amide bonds. The minimum absolute atomic E-state index is 0.0648. The highest BCUT2D eigenvalue weighted by atomic mass is 16.5. The number of carbonyl (C=O) groups is 1. The van der Waals surface area contributed by atoms with E-state index in [1.807, 2.05) is 0 Å². The maximum Gasteiger partial charge on any atom is 0.310 e. The zero-order chi connectivity index (χ0) is 9.14. The number of hydrogen-bond acceptors (Lipinski definition) is 3. The Balaban J connectivity index is 2.57. The first kappa shape index (κ1) is 9.52. The van der Waals surface area contributed by atoms with Crippen molar-refractivity contribution in [2.24, 2.45) is 17.8 Å². The van der Waals surface area contributed by atoms with E-state index < -0.39 is 0 Å². The van der Waals surface area contributed by atoms with Crippen LogP contribution in [0.15, 0.2) is 0 Å². The number of methoxy groups -OCH3 is 1. The lowest BCUT2D eigenvalue weighted by atomic mass is 9.86. The fourth-order valence-corrected chi connectivity index (χ4v) is 1.81. The average molecular weight is 171 g/mol. The smallest absolute Gasteiger partial charge is 0.310 e. The Bertz CT molecular complexity index is 168. The number of esters is 1. The van der Waals surface area contributed by atoms with Crippen LogP contribution in [0.2, 0.25) is 0 Å². The van der Waals surface area contributed by atoms with Crippen LogP contribution in [0.3, 0.4) is 0 Å². The lowest BCUT2D eigenvalue weighted by molar-refractivity contribution is -0.146. The van der Waals surface area contributed by atoms with Gasteiger partial charge in [0.2, 0.25) is 0 Å². The summed E-state index contributed by atoms with van der Waals surface area (Å²) in [5.41, 5.74) is 0. The summed E-state index contributed by atoms with van der Waals surface area (Å²) in [6.07, 6.45) is 0. The monoisotopic (exact) mass is 171 g/mol. The van der Waals surface area contributed by atoms with Crippen LogP contribution in [-0.2, 0) is 9.53 Å². The van der Waals surface area contributed by atoms with Crippen molar-refractivity contribution in [1.82, 2.24) is 5.32 Å². The summed E-state index contributed by atoms with van der Waals surface area (Å²) in [7, 11) is 1.46. The lowest BCUT2D eigenvalue weighted by Crippen LogP contribution is -2.27. The normalized spacial score (nSPS) is 29.3. The van der Waals surface area contributed by atoms with Crippen LogP contribution in [0.25, 0.3) is 0 Å². The van der Waals surface area contributed by atoms with E-state index in [2.05, 4.69) is 19.2 Å². The SMILES string of the molecule is COC(=O)[C@@H]1CNC[C@H]1C(C)C. The van der Waals surface area contributed by atoms with Crippen molar-refractivity contribution >= 4 is 5.97 Å². The number of nitrogens with one attached hydrogen (secondary N) is 1. The van der Waals surface area contributed by atoms with E-state index in [-0.39, 0.29) is 11.9 Å². The molecule has 1 aliphatic rings. The maximum absolute atomic E-state index is 11.3. The second-order valence-electron chi connectivity index (χ2n) is 3.70. The van der Waals surface area contributed by atoms with Gasteiger partial charge < -0.3 is 10.1 Å². The molecule has 1 fully saturated rings. The molecule has 0 saturated carbocycles. The van der Waals surface area contributed by atoms with Gasteiger partial charge in [0, 0.05) is 6.54 Å². The summed E-state index contributed by atoms with van der Waals surface area (Å²) >= 11 is 0. The molecule has 0 spiro atoms. The first-order valence-corrected chi connectivity index (χ1v) is 4.45. The van der Waals surface area contributed by atoms with E-state index in [9.17, 15) is 4.79 Å². The van der Waals surface area contributed by atoms with Crippen LogP contribution >= 0.6 is 0 Å². The third kappa shape index (κ3) is 1.78. The minimum Gasteiger partial charge on any atom is -0.469 e. The van der Waals surface area contributed by atoms with Crippen LogP contribution in [0.4, 0.5) is 0 Å². The summed E-state index contributed by atoms with van der Waals surface area (Å²) in [4.78, 5) is 11.3. The Morgan fingerprint density at radius 1 is 1.50 bits per heavy atom. The zero-order valence-electron chi connectivity index (χ0n) is 7.96. The summed E-state index contributed by atoms with van der Waals surface area (Å²) < 4.78 is 4.74. The van der Waals surface area contributed by atoms with Gasteiger partial charge in [0.05, 0.1) is 13.0 Å². The van der Waals surface area contributed by atoms with Crippen molar-refractivity contribution in [3.8, 4) is 0 Å². The number of ether oxygens (including phenoxy) is 1. The zero-order valence-corrected chi connectivity index (χ0v) is 7.96. The number of rotatable bonds is 2. The van der Waals surface area contributed by atoms with Crippen molar-refractivity contribution in [3.05, 3.63) is 0 Å². The second kappa shape index (κ2) is 3.90. The molecule has 1 aliphatic heterocycles. The van der Waals surface area contributed by atoms with Crippen molar-refractivity contribution in [2.45, 2.75) is 13.8 Å². The molecular weight excluding hydrogens is 154 g/mol. The van der Waals surface area contributed by atoms with Crippen LogP contribution in [0.1, 0.15) is 13.8 Å². The van der Waals surface area contributed by atoms with E-state index >= 15 is 0 Å². The van der Waals surface area contributed by atoms with Gasteiger partial charge in [0.25, 0.3) is 0 Å². The van der Waals surface area contributed by atoms with Crippen LogP contribution < -0.4 is 5.32 Å². The van der Waals surface area contributed by atoms with Crippen molar-refractivity contribution in [1.29, 1.82) is 0 Å². The molecule has 0 aromatic heterocycles. The van der Waals surface area contributed by atoms with Crippen LogP contribution in [0, 0.1) is 17.8 Å². The van der Waals surface area contributed by atoms with E-state index in [4.69, 9.17) is 4.74 Å². The third-order valence-corrected chi connectivity index (χ3v) is 2.62. The predicted molar refractivity (Wildman–Crippen MR) is 46.7 cm³/mol. The van der Waals surface area contributed by atoms with Crippen LogP contribution in [0.5, 0.6) is 0 Å². The number of carbonyl (C=O) groups excluding carboxylic acids is 1. The molecule has 0 unspecified atom stereocenters. The van der Waals surface area contributed by atoms with E-state index in [0.29, 0.717) is 11.8 Å². The molecule has 3 nitrogen and oxygen atoms in total. The van der Waals surface area contributed by atoms with Crippen LogP contribution in [-0.4, -0.2) is 26.2 Å². The fourth-order valence-electron chi connectivity index (χ4n) is 1.81. The van der Waals surface area contributed by atoms with Gasteiger partial charge in [-0.05, 0) is 18.4 Å². The predicted octanol–water partition coefficient (Wildman–Crippen LogP) is 0.651. The van der Waals surface area contributed by atoms with Gasteiger partial charge in [0.1, 0.15) is 0 Å². The highest BCUT2D eigenvalue weighted by Gasteiger charge is 2.35. The van der Waals surface area contributed by atoms with Gasteiger partial charge in [-0.25, -0.2) is 0 Å². The third-order valence-electron chi connectivity index (χ3n) is 2.62. The molecule has 1 saturated heterocycles. The van der Waals surface area contributed by atoms with Gasteiger partial charge >= 0.3 is 5.97 Å². The van der Waals surface area contributed by atoms with Gasteiger partial charge in [0.15, 0.2) is 0 Å². The largest absolute Gasteiger partial charge is 0.469 e. The minimum atomic E-state index is -0.0706. The molecular formula is C9H17NO2. The molecule has 3 heteroatoms. The Morgan fingerprint density at radius 2 is 2.17 bits per heavy atom. The molecule has 1 heterocycles. The Kier molecular flexibility index (Phi) is 3.09. The van der Waals surface area contributed by atoms with Crippen molar-refractivity contribution < 1.29 is 9.53 Å². The molecule has 0 aromatic rings. The summed E-state index contributed by atoms with van der Waals surface area (Å²) in [5, 5.41) is 3.22. The lowest BCUT2D eigenvalue weighted by Gasteiger charge is -2.19. The highest BCUT2D eigenvalue weighted by Crippen LogP contribution is 2.25. The Morgan fingerprint density at radius 3 is 2.67 bits per heavy atom. The molecule has 0 aromatic carbocycles. The first-order chi connectivity index (χ1) is 5.66. The summed E-state index contributed by atoms with van der Waals surface area (Å²) in [6.45, 7) is 6.01. The standard InChI is InChI=1S/C9H17NO2/c1-6(2)7-4-10-5-8(7)9(11)12-3/h6-8,10H,4-5H2,1-3H3/t7-,8+/m0/s1. The molecule has 1 N–H and O–H groups in total. The van der Waals surface area contributed by atoms with Crippen molar-refractivity contribution in [3.63, 3.8) is 0 Å². The van der Waals surface area contributed by atoms with E-state index in [0.717, 1.165) is 13.1 Å². The van der Waals surface area contributed by atoms with E-state index in [1.54, 1.807) is 0 Å². The molecule has 2 atom stereocenters. The molecule has 0 radical (unpaired) electrons. The average Bonchev–Trinajstić information content (AvgIpc) is 2.50.